The van der Waals surface area contributed by atoms with Crippen molar-refractivity contribution < 1.29 is 4.74 Å². The Morgan fingerprint density at radius 3 is 3.07 bits per heavy atom. The number of nitrogens with one attached hydrogen (secondary N) is 2. The number of aromatic nitrogens is 2. The minimum Gasteiger partial charge on any atom is -0.374 e. The number of rotatable bonds is 6. The second-order valence-corrected chi connectivity index (χ2v) is 3.27. The van der Waals surface area contributed by atoms with Gasteiger partial charge in [-0.25, -0.2) is 4.98 Å². The van der Waals surface area contributed by atoms with E-state index in [1.807, 2.05) is 14.0 Å². The summed E-state index contributed by atoms with van der Waals surface area (Å²) in [6.45, 7) is 3.67. The maximum Gasteiger partial charge on any atom is 0.251 e. The second-order valence-electron chi connectivity index (χ2n) is 3.27. The van der Waals surface area contributed by atoms with Crippen LogP contribution in [0.1, 0.15) is 24.9 Å². The molecule has 1 aromatic rings. The highest BCUT2D eigenvalue weighted by atomic mass is 16.5. The minimum absolute atomic E-state index is 0.134. The van der Waals surface area contributed by atoms with Gasteiger partial charge in [0.1, 0.15) is 12.4 Å². The Kier molecular flexibility index (Phi) is 5.00. The van der Waals surface area contributed by atoms with E-state index in [-0.39, 0.29) is 5.56 Å². The Morgan fingerprint density at radius 1 is 1.60 bits per heavy atom. The number of nitrogens with zero attached hydrogens (tertiary/aromatic N) is 1. The summed E-state index contributed by atoms with van der Waals surface area (Å²) >= 11 is 0. The van der Waals surface area contributed by atoms with Crippen molar-refractivity contribution in [2.24, 2.45) is 0 Å². The molecule has 0 radical (unpaired) electrons. The summed E-state index contributed by atoms with van der Waals surface area (Å²) in [5.41, 5.74) is 0.599. The lowest BCUT2D eigenvalue weighted by Crippen LogP contribution is -2.17. The fraction of sp³-hybridized carbons (Fsp3) is 0.600. The molecular weight excluding hydrogens is 194 g/mol. The molecule has 0 aliphatic rings. The van der Waals surface area contributed by atoms with E-state index in [0.717, 1.165) is 12.1 Å². The van der Waals surface area contributed by atoms with Gasteiger partial charge in [0.05, 0.1) is 5.69 Å². The van der Waals surface area contributed by atoms with Gasteiger partial charge in [-0.1, -0.05) is 6.92 Å². The fourth-order valence-corrected chi connectivity index (χ4v) is 1.22. The van der Waals surface area contributed by atoms with E-state index in [1.54, 1.807) is 0 Å². The first kappa shape index (κ1) is 11.9. The highest BCUT2D eigenvalue weighted by Crippen LogP contribution is 1.94. The van der Waals surface area contributed by atoms with Crippen molar-refractivity contribution in [2.45, 2.75) is 26.5 Å². The molecule has 2 N–H and O–H groups in total. The third-order valence-corrected chi connectivity index (χ3v) is 1.79. The van der Waals surface area contributed by atoms with Crippen LogP contribution in [0.3, 0.4) is 0 Å². The molecule has 5 nitrogen and oxygen atoms in total. The predicted octanol–water partition coefficient (Wildman–Crippen LogP) is 0.416. The number of hydrogen-bond donors (Lipinski definition) is 2. The van der Waals surface area contributed by atoms with E-state index in [1.165, 1.54) is 6.07 Å². The SMILES string of the molecule is CCCOCc1nc(CNC)cc(=O)[nH]1. The van der Waals surface area contributed by atoms with Crippen molar-refractivity contribution in [1.82, 2.24) is 15.3 Å². The van der Waals surface area contributed by atoms with Crippen LogP contribution in [-0.2, 0) is 17.9 Å². The molecule has 1 heterocycles. The molecule has 15 heavy (non-hydrogen) atoms. The van der Waals surface area contributed by atoms with Gasteiger partial charge in [-0.05, 0) is 13.5 Å². The zero-order chi connectivity index (χ0) is 11.1. The largest absolute Gasteiger partial charge is 0.374 e. The van der Waals surface area contributed by atoms with Crippen molar-refractivity contribution in [1.29, 1.82) is 0 Å². The number of H-pyrrole nitrogens is 1. The van der Waals surface area contributed by atoms with Gasteiger partial charge in [0.2, 0.25) is 0 Å². The molecule has 0 spiro atoms. The molecule has 5 heteroatoms. The van der Waals surface area contributed by atoms with E-state index < -0.39 is 0 Å². The lowest BCUT2D eigenvalue weighted by atomic mass is 10.4. The van der Waals surface area contributed by atoms with Gasteiger partial charge in [0.25, 0.3) is 5.56 Å². The van der Waals surface area contributed by atoms with Crippen molar-refractivity contribution >= 4 is 0 Å². The minimum atomic E-state index is -0.134. The summed E-state index contributed by atoms with van der Waals surface area (Å²) in [6.07, 6.45) is 0.959. The number of aromatic amines is 1. The second kappa shape index (κ2) is 6.31. The summed E-state index contributed by atoms with van der Waals surface area (Å²) in [5, 5.41) is 2.95. The van der Waals surface area contributed by atoms with Crippen molar-refractivity contribution in [2.75, 3.05) is 13.7 Å². The molecule has 0 fully saturated rings. The average molecular weight is 211 g/mol. The molecule has 0 bridgehead atoms. The van der Waals surface area contributed by atoms with Crippen LogP contribution in [0.15, 0.2) is 10.9 Å². The predicted molar refractivity (Wildman–Crippen MR) is 57.6 cm³/mol. The summed E-state index contributed by atoms with van der Waals surface area (Å²) < 4.78 is 5.30. The first-order valence-electron chi connectivity index (χ1n) is 5.07. The van der Waals surface area contributed by atoms with Crippen LogP contribution in [0.2, 0.25) is 0 Å². The lowest BCUT2D eigenvalue weighted by Gasteiger charge is -2.04. The third-order valence-electron chi connectivity index (χ3n) is 1.79. The number of ether oxygens (including phenoxy) is 1. The van der Waals surface area contributed by atoms with Gasteiger partial charge in [0, 0.05) is 19.2 Å². The smallest absolute Gasteiger partial charge is 0.251 e. The van der Waals surface area contributed by atoms with E-state index in [0.29, 0.717) is 25.6 Å². The summed E-state index contributed by atoms with van der Waals surface area (Å²) in [7, 11) is 1.82. The maximum atomic E-state index is 11.2. The molecule has 0 unspecified atom stereocenters. The molecule has 1 rings (SSSR count). The summed E-state index contributed by atoms with van der Waals surface area (Å²) in [5.74, 6) is 0.584. The first-order valence-corrected chi connectivity index (χ1v) is 5.07. The van der Waals surface area contributed by atoms with Gasteiger partial charge in [-0.15, -0.1) is 0 Å². The Hall–Kier alpha value is -1.20. The van der Waals surface area contributed by atoms with Gasteiger partial charge in [-0.2, -0.15) is 0 Å². The lowest BCUT2D eigenvalue weighted by molar-refractivity contribution is 0.115. The summed E-state index contributed by atoms with van der Waals surface area (Å²) in [4.78, 5) is 18.1. The Bertz CT molecular complexity index is 349. The van der Waals surface area contributed by atoms with Crippen LogP contribution in [0.5, 0.6) is 0 Å². The van der Waals surface area contributed by atoms with E-state index in [2.05, 4.69) is 15.3 Å². The van der Waals surface area contributed by atoms with E-state index in [9.17, 15) is 4.79 Å². The van der Waals surface area contributed by atoms with Gasteiger partial charge < -0.3 is 15.0 Å². The van der Waals surface area contributed by atoms with Crippen LogP contribution in [-0.4, -0.2) is 23.6 Å². The molecule has 0 saturated carbocycles. The third kappa shape index (κ3) is 4.22. The van der Waals surface area contributed by atoms with Gasteiger partial charge in [-0.3, -0.25) is 4.79 Å². The van der Waals surface area contributed by atoms with E-state index in [4.69, 9.17) is 4.74 Å². The molecule has 0 aromatic carbocycles. The van der Waals surface area contributed by atoms with Crippen LogP contribution < -0.4 is 10.9 Å². The quantitative estimate of drug-likeness (QED) is 0.669. The highest BCUT2D eigenvalue weighted by molar-refractivity contribution is 5.01. The molecule has 0 atom stereocenters. The maximum absolute atomic E-state index is 11.2. The molecule has 0 saturated heterocycles. The van der Waals surface area contributed by atoms with Gasteiger partial charge >= 0.3 is 0 Å². The normalized spacial score (nSPS) is 10.5. The van der Waals surface area contributed by atoms with Gasteiger partial charge in [0.15, 0.2) is 0 Å². The van der Waals surface area contributed by atoms with Crippen molar-refractivity contribution in [3.05, 3.63) is 27.9 Å². The average Bonchev–Trinajstić information content (AvgIpc) is 2.18. The standard InChI is InChI=1S/C10H17N3O2/c1-3-4-15-7-9-12-8(6-11-2)5-10(14)13-9/h5,11H,3-4,6-7H2,1-2H3,(H,12,13,14). The highest BCUT2D eigenvalue weighted by Gasteiger charge is 2.00. The topological polar surface area (TPSA) is 67.0 Å². The zero-order valence-electron chi connectivity index (χ0n) is 9.17. The Labute approximate surface area is 88.9 Å². The zero-order valence-corrected chi connectivity index (χ0v) is 9.17. The molecule has 84 valence electrons. The fourth-order valence-electron chi connectivity index (χ4n) is 1.22. The molecule has 0 aliphatic carbocycles. The van der Waals surface area contributed by atoms with Crippen LogP contribution in [0, 0.1) is 0 Å². The van der Waals surface area contributed by atoms with Crippen molar-refractivity contribution in [3.8, 4) is 0 Å². The summed E-state index contributed by atoms with van der Waals surface area (Å²) in [6, 6.07) is 1.49. The molecule has 1 aromatic heterocycles. The monoisotopic (exact) mass is 211 g/mol. The molecular formula is C10H17N3O2. The van der Waals surface area contributed by atoms with Crippen molar-refractivity contribution in [3.63, 3.8) is 0 Å². The molecule has 0 amide bonds. The first-order chi connectivity index (χ1) is 7.26. The van der Waals surface area contributed by atoms with Crippen LogP contribution >= 0.6 is 0 Å². The van der Waals surface area contributed by atoms with E-state index >= 15 is 0 Å². The Balaban J connectivity index is 2.66. The van der Waals surface area contributed by atoms with Crippen LogP contribution in [0.25, 0.3) is 0 Å². The van der Waals surface area contributed by atoms with Crippen LogP contribution in [0.4, 0.5) is 0 Å². The number of hydrogen-bond acceptors (Lipinski definition) is 4. The Morgan fingerprint density at radius 2 is 2.40 bits per heavy atom. The molecule has 0 aliphatic heterocycles.